The van der Waals surface area contributed by atoms with Gasteiger partial charge >= 0.3 is 12.1 Å². The first-order chi connectivity index (χ1) is 12.6. The van der Waals surface area contributed by atoms with E-state index in [1.165, 1.54) is 0 Å². The zero-order chi connectivity index (χ0) is 20.2. The van der Waals surface area contributed by atoms with Gasteiger partial charge in [-0.25, -0.2) is 9.59 Å². The van der Waals surface area contributed by atoms with Crippen molar-refractivity contribution in [3.05, 3.63) is 17.5 Å². The van der Waals surface area contributed by atoms with Gasteiger partial charge < -0.3 is 14.8 Å². The number of nitrogens with one attached hydrogen (secondary N) is 1. The van der Waals surface area contributed by atoms with Crippen molar-refractivity contribution in [3.63, 3.8) is 0 Å². The fourth-order valence-corrected chi connectivity index (χ4v) is 3.32. The van der Waals surface area contributed by atoms with Gasteiger partial charge in [0.2, 0.25) is 0 Å². The Bertz CT molecular complexity index is 653. The van der Waals surface area contributed by atoms with Gasteiger partial charge in [-0.3, -0.25) is 4.68 Å². The van der Waals surface area contributed by atoms with Gasteiger partial charge in [-0.05, 0) is 65.4 Å². The highest BCUT2D eigenvalue weighted by atomic mass is 16.5. The number of alkyl carbamates (subject to hydrolysis) is 1. The Morgan fingerprint density at radius 2 is 1.89 bits per heavy atom. The lowest BCUT2D eigenvalue weighted by atomic mass is 9.93. The molecule has 0 aromatic carbocycles. The van der Waals surface area contributed by atoms with Gasteiger partial charge in [-0.15, -0.1) is 0 Å². The summed E-state index contributed by atoms with van der Waals surface area (Å²) in [6.07, 6.45) is 2.46. The first kappa shape index (κ1) is 21.3. The van der Waals surface area contributed by atoms with Crippen LogP contribution in [0.1, 0.15) is 89.3 Å². The van der Waals surface area contributed by atoms with Gasteiger partial charge in [0, 0.05) is 11.7 Å². The maximum absolute atomic E-state index is 12.6. The van der Waals surface area contributed by atoms with E-state index in [-0.39, 0.29) is 35.7 Å². The van der Waals surface area contributed by atoms with E-state index >= 15 is 0 Å². The Morgan fingerprint density at radius 3 is 2.37 bits per heavy atom. The SMILES string of the molecule is CCOC(=O)NC1CCC(OC(=O)c2cc(C(C)C)n(C(C)(C)C)n2)CC1. The second-order valence-corrected chi connectivity index (χ2v) is 8.44. The summed E-state index contributed by atoms with van der Waals surface area (Å²) in [5, 5.41) is 7.36. The largest absolute Gasteiger partial charge is 0.458 e. The molecule has 0 spiro atoms. The van der Waals surface area contributed by atoms with Crippen LogP contribution in [0.25, 0.3) is 0 Å². The highest BCUT2D eigenvalue weighted by Crippen LogP contribution is 2.26. The third-order valence-corrected chi connectivity index (χ3v) is 4.72. The standard InChI is InChI=1S/C20H33N3O4/c1-7-26-19(25)21-14-8-10-15(11-9-14)27-18(24)16-12-17(13(2)3)23(22-16)20(4,5)6/h12-15H,7-11H2,1-6H3,(H,21,25). The monoisotopic (exact) mass is 379 g/mol. The van der Waals surface area contributed by atoms with Crippen LogP contribution in [0.15, 0.2) is 6.07 Å². The van der Waals surface area contributed by atoms with Crippen LogP contribution in [-0.4, -0.2) is 40.6 Å². The molecule has 1 heterocycles. The first-order valence-electron chi connectivity index (χ1n) is 9.86. The van der Waals surface area contributed by atoms with Crippen LogP contribution in [0, 0.1) is 0 Å². The molecule has 2 rings (SSSR count). The zero-order valence-electron chi connectivity index (χ0n) is 17.4. The van der Waals surface area contributed by atoms with Crippen LogP contribution in [0.3, 0.4) is 0 Å². The molecule has 1 aromatic heterocycles. The van der Waals surface area contributed by atoms with E-state index in [1.54, 1.807) is 6.92 Å². The minimum Gasteiger partial charge on any atom is -0.458 e. The Kier molecular flexibility index (Phi) is 6.89. The Morgan fingerprint density at radius 1 is 1.26 bits per heavy atom. The minimum absolute atomic E-state index is 0.0756. The van der Waals surface area contributed by atoms with E-state index in [4.69, 9.17) is 9.47 Å². The summed E-state index contributed by atoms with van der Waals surface area (Å²) in [6, 6.07) is 1.92. The molecular formula is C20H33N3O4. The summed E-state index contributed by atoms with van der Waals surface area (Å²) < 4.78 is 12.5. The van der Waals surface area contributed by atoms with E-state index < -0.39 is 0 Å². The summed E-state index contributed by atoms with van der Waals surface area (Å²) in [7, 11) is 0. The normalized spacial score (nSPS) is 20.4. The summed E-state index contributed by atoms with van der Waals surface area (Å²) in [6.45, 7) is 12.5. The van der Waals surface area contributed by atoms with Crippen molar-refractivity contribution in [1.29, 1.82) is 0 Å². The summed E-state index contributed by atoms with van der Waals surface area (Å²) in [5.41, 5.74) is 1.19. The van der Waals surface area contributed by atoms with E-state index in [0.717, 1.165) is 31.4 Å². The van der Waals surface area contributed by atoms with Gasteiger partial charge in [0.25, 0.3) is 0 Å². The molecule has 1 aliphatic rings. The number of nitrogens with zero attached hydrogens (tertiary/aromatic N) is 2. The zero-order valence-corrected chi connectivity index (χ0v) is 17.4. The second kappa shape index (κ2) is 8.76. The molecule has 7 nitrogen and oxygen atoms in total. The molecule has 152 valence electrons. The molecule has 1 saturated carbocycles. The van der Waals surface area contributed by atoms with Gasteiger partial charge in [-0.2, -0.15) is 5.10 Å². The molecule has 1 fully saturated rings. The number of esters is 1. The van der Waals surface area contributed by atoms with Crippen LogP contribution in [0.4, 0.5) is 4.79 Å². The molecule has 0 aliphatic heterocycles. The Hall–Kier alpha value is -2.05. The van der Waals surface area contributed by atoms with Crippen molar-refractivity contribution in [2.24, 2.45) is 0 Å². The summed E-state index contributed by atoms with van der Waals surface area (Å²) in [5.74, 6) is -0.107. The quantitative estimate of drug-likeness (QED) is 0.783. The summed E-state index contributed by atoms with van der Waals surface area (Å²) in [4.78, 5) is 24.1. The minimum atomic E-state index is -0.383. The van der Waals surface area contributed by atoms with Crippen LogP contribution in [-0.2, 0) is 15.0 Å². The predicted octanol–water partition coefficient (Wildman–Crippen LogP) is 3.98. The van der Waals surface area contributed by atoms with Gasteiger partial charge in [-0.1, -0.05) is 13.8 Å². The van der Waals surface area contributed by atoms with Crippen molar-refractivity contribution in [2.75, 3.05) is 6.61 Å². The van der Waals surface area contributed by atoms with Crippen molar-refractivity contribution in [2.45, 2.75) is 90.8 Å². The lowest BCUT2D eigenvalue weighted by molar-refractivity contribution is 0.0175. The molecule has 1 N–H and O–H groups in total. The highest BCUT2D eigenvalue weighted by Gasteiger charge is 2.28. The smallest absolute Gasteiger partial charge is 0.407 e. The third kappa shape index (κ3) is 5.71. The molecule has 27 heavy (non-hydrogen) atoms. The predicted molar refractivity (Wildman–Crippen MR) is 103 cm³/mol. The molecule has 7 heteroatoms. The molecule has 0 radical (unpaired) electrons. The fraction of sp³-hybridized carbons (Fsp3) is 0.750. The molecule has 0 unspecified atom stereocenters. The van der Waals surface area contributed by atoms with Crippen molar-refractivity contribution in [1.82, 2.24) is 15.1 Å². The third-order valence-electron chi connectivity index (χ3n) is 4.72. The molecule has 0 atom stereocenters. The molecule has 1 aromatic rings. The van der Waals surface area contributed by atoms with Crippen molar-refractivity contribution >= 4 is 12.1 Å². The van der Waals surface area contributed by atoms with Crippen LogP contribution in [0.2, 0.25) is 0 Å². The van der Waals surface area contributed by atoms with Gasteiger partial charge in [0.05, 0.1) is 12.1 Å². The Labute approximate surface area is 161 Å². The number of hydrogen-bond acceptors (Lipinski definition) is 5. The Balaban J connectivity index is 1.94. The van der Waals surface area contributed by atoms with Gasteiger partial charge in [0.15, 0.2) is 5.69 Å². The lowest BCUT2D eigenvalue weighted by Crippen LogP contribution is -2.39. The van der Waals surface area contributed by atoms with Crippen LogP contribution >= 0.6 is 0 Å². The number of carbonyl (C=O) groups excluding carboxylic acids is 2. The molecule has 1 aliphatic carbocycles. The van der Waals surface area contributed by atoms with Crippen LogP contribution < -0.4 is 5.32 Å². The van der Waals surface area contributed by atoms with Crippen molar-refractivity contribution in [3.8, 4) is 0 Å². The van der Waals surface area contributed by atoms with E-state index in [1.807, 2.05) is 10.7 Å². The first-order valence-corrected chi connectivity index (χ1v) is 9.86. The highest BCUT2D eigenvalue weighted by molar-refractivity contribution is 5.87. The van der Waals surface area contributed by atoms with Crippen LogP contribution in [0.5, 0.6) is 0 Å². The maximum Gasteiger partial charge on any atom is 0.407 e. The number of rotatable bonds is 5. The number of hydrogen-bond donors (Lipinski definition) is 1. The van der Waals surface area contributed by atoms with E-state index in [9.17, 15) is 9.59 Å². The van der Waals surface area contributed by atoms with Crippen molar-refractivity contribution < 1.29 is 19.1 Å². The second-order valence-electron chi connectivity index (χ2n) is 8.44. The number of amides is 1. The average molecular weight is 380 g/mol. The van der Waals surface area contributed by atoms with Gasteiger partial charge in [0.1, 0.15) is 6.10 Å². The topological polar surface area (TPSA) is 82.5 Å². The number of aromatic nitrogens is 2. The number of carbonyl (C=O) groups is 2. The van der Waals surface area contributed by atoms with E-state index in [0.29, 0.717) is 12.3 Å². The lowest BCUT2D eigenvalue weighted by Gasteiger charge is -2.28. The molecule has 0 saturated heterocycles. The van der Waals surface area contributed by atoms with E-state index in [2.05, 4.69) is 45.0 Å². The maximum atomic E-state index is 12.6. The molecule has 0 bridgehead atoms. The summed E-state index contributed by atoms with van der Waals surface area (Å²) >= 11 is 0. The molecule has 1 amide bonds. The number of ether oxygens (including phenoxy) is 2. The average Bonchev–Trinajstić information content (AvgIpc) is 3.03. The molecular weight excluding hydrogens is 346 g/mol. The fourth-order valence-electron chi connectivity index (χ4n) is 3.32.